The van der Waals surface area contributed by atoms with Gasteiger partial charge in [0, 0.05) is 62.0 Å². The highest BCUT2D eigenvalue weighted by Crippen LogP contribution is 2.39. The third-order valence-electron chi connectivity index (χ3n) is 8.89. The molecule has 0 bridgehead atoms. The molecule has 50 heavy (non-hydrogen) atoms. The van der Waals surface area contributed by atoms with Crippen LogP contribution in [0.1, 0.15) is 50.2 Å². The minimum absolute atomic E-state index is 0.0614. The van der Waals surface area contributed by atoms with E-state index < -0.39 is 35.0 Å². The van der Waals surface area contributed by atoms with Crippen molar-refractivity contribution < 1.29 is 37.3 Å². The molecule has 1 aromatic heterocycles. The maximum Gasteiger partial charge on any atom is 0.418 e. The molecule has 0 aliphatic carbocycles. The number of hydrogen-bond acceptors (Lipinski definition) is 9. The first-order valence-electron chi connectivity index (χ1n) is 16.8. The van der Waals surface area contributed by atoms with Gasteiger partial charge in [0.15, 0.2) is 0 Å². The predicted octanol–water partition coefficient (Wildman–Crippen LogP) is 3.68. The van der Waals surface area contributed by atoms with Crippen LogP contribution < -0.4 is 35.5 Å². The van der Waals surface area contributed by atoms with E-state index in [2.05, 4.69) is 15.7 Å². The van der Waals surface area contributed by atoms with Crippen molar-refractivity contribution in [2.45, 2.75) is 57.7 Å². The Hall–Kier alpha value is -4.79. The number of carbonyl (C=O) groups excluding carboxylic acids is 2. The molecule has 3 N–H and O–H groups in total. The number of β-amino-alcohol motifs (C(OH)–C–C–N with tert-alkyl or cyclic N) is 1. The fraction of sp³-hybridized carbons (Fsp3) is 0.486. The Kier molecular flexibility index (Phi) is 11.6. The van der Waals surface area contributed by atoms with Crippen molar-refractivity contribution in [2.75, 3.05) is 63.3 Å². The van der Waals surface area contributed by atoms with Gasteiger partial charge in [0.25, 0.3) is 5.56 Å². The lowest BCUT2D eigenvalue weighted by molar-refractivity contribution is -0.137. The van der Waals surface area contributed by atoms with Crippen LogP contribution >= 0.6 is 0 Å². The molecular weight excluding hydrogens is 657 g/mol. The molecule has 270 valence electrons. The maximum absolute atomic E-state index is 14.5. The van der Waals surface area contributed by atoms with Crippen molar-refractivity contribution in [1.29, 1.82) is 0 Å². The van der Waals surface area contributed by atoms with Gasteiger partial charge in [0.2, 0.25) is 11.8 Å². The van der Waals surface area contributed by atoms with E-state index in [1.807, 2.05) is 6.92 Å². The van der Waals surface area contributed by atoms with Crippen LogP contribution in [0.25, 0.3) is 16.9 Å². The Morgan fingerprint density at radius 1 is 1.00 bits per heavy atom. The molecule has 2 aromatic carbocycles. The number of halogens is 3. The van der Waals surface area contributed by atoms with Crippen LogP contribution in [0.15, 0.2) is 41.2 Å². The number of benzene rings is 2. The van der Waals surface area contributed by atoms with E-state index in [4.69, 9.17) is 9.47 Å². The summed E-state index contributed by atoms with van der Waals surface area (Å²) in [6.07, 6.45) is -1.55. The SMILES string of the molecule is CCCCCC(=O)NCCNC(=O)CN1CCc2c(-c3cc(OC)cc(OC)c3)nn(-c3cc(N4CC[C@H](O)C4)ccc3C(F)(F)F)c(=O)c21. The number of aliphatic hydroxyl groups excluding tert-OH is 1. The second-order valence-electron chi connectivity index (χ2n) is 12.4. The number of anilines is 2. The molecule has 3 aromatic rings. The van der Waals surface area contributed by atoms with Gasteiger partial charge in [0.05, 0.1) is 43.8 Å². The molecule has 2 aliphatic heterocycles. The highest BCUT2D eigenvalue weighted by molar-refractivity contribution is 5.84. The molecule has 1 fully saturated rings. The number of alkyl halides is 3. The standard InChI is InChI=1S/C35H43F3N6O6/c1-4-5-6-7-30(46)39-12-13-40-31(47)21-43-15-11-27-32(22-16-25(49-2)19-26(17-22)50-3)41-44(34(48)33(27)43)29-18-23(42-14-10-24(45)20-42)8-9-28(29)35(36,37)38/h8-9,16-19,24,45H,4-7,10-15,20-21H2,1-3H3,(H,39,46)(H,40,47)/t24-/m0/s1. The number of unbranched alkanes of at least 4 members (excludes halogenated alkanes) is 2. The van der Waals surface area contributed by atoms with Crippen molar-refractivity contribution in [3.8, 4) is 28.4 Å². The zero-order chi connectivity index (χ0) is 36.0. The number of methoxy groups -OCH3 is 2. The van der Waals surface area contributed by atoms with Crippen LogP contribution in [0.4, 0.5) is 24.5 Å². The third-order valence-corrected chi connectivity index (χ3v) is 8.89. The van der Waals surface area contributed by atoms with Gasteiger partial charge in [-0.1, -0.05) is 19.8 Å². The molecule has 2 aliphatic rings. The molecule has 0 unspecified atom stereocenters. The van der Waals surface area contributed by atoms with Crippen molar-refractivity contribution in [1.82, 2.24) is 20.4 Å². The van der Waals surface area contributed by atoms with Crippen LogP contribution in [0.3, 0.4) is 0 Å². The van der Waals surface area contributed by atoms with Crippen LogP contribution in [0.5, 0.6) is 11.5 Å². The molecule has 2 amide bonds. The van der Waals surface area contributed by atoms with Crippen molar-refractivity contribution >= 4 is 23.2 Å². The second kappa shape index (κ2) is 15.8. The first-order valence-corrected chi connectivity index (χ1v) is 16.8. The number of nitrogens with zero attached hydrogens (tertiary/aromatic N) is 4. The highest BCUT2D eigenvalue weighted by atomic mass is 19.4. The lowest BCUT2D eigenvalue weighted by Crippen LogP contribution is -2.41. The molecule has 0 radical (unpaired) electrons. The van der Waals surface area contributed by atoms with Gasteiger partial charge in [0.1, 0.15) is 17.2 Å². The zero-order valence-corrected chi connectivity index (χ0v) is 28.4. The summed E-state index contributed by atoms with van der Waals surface area (Å²) in [5.74, 6) is 0.296. The van der Waals surface area contributed by atoms with Gasteiger partial charge in [-0.3, -0.25) is 14.4 Å². The smallest absolute Gasteiger partial charge is 0.418 e. The van der Waals surface area contributed by atoms with Crippen LogP contribution in [-0.2, 0) is 22.2 Å². The van der Waals surface area contributed by atoms with E-state index in [9.17, 15) is 32.7 Å². The van der Waals surface area contributed by atoms with Gasteiger partial charge in [-0.2, -0.15) is 23.0 Å². The van der Waals surface area contributed by atoms with Crippen molar-refractivity contribution in [3.05, 3.63) is 57.9 Å². The summed E-state index contributed by atoms with van der Waals surface area (Å²) in [5.41, 5.74) is -0.744. The molecule has 12 nitrogen and oxygen atoms in total. The number of hydrogen-bond donors (Lipinski definition) is 3. The molecule has 5 rings (SSSR count). The van der Waals surface area contributed by atoms with E-state index in [-0.39, 0.29) is 50.0 Å². The minimum atomic E-state index is -4.83. The number of fused-ring (bicyclic) bond motifs is 1. The highest BCUT2D eigenvalue weighted by Gasteiger charge is 2.37. The third kappa shape index (κ3) is 8.32. The number of amides is 2. The fourth-order valence-electron chi connectivity index (χ4n) is 6.33. The monoisotopic (exact) mass is 700 g/mol. The number of aliphatic hydroxyl groups is 1. The molecule has 3 heterocycles. The van der Waals surface area contributed by atoms with Gasteiger partial charge in [-0.25, -0.2) is 0 Å². The van der Waals surface area contributed by atoms with Gasteiger partial charge in [-0.05, 0) is 49.6 Å². The quantitative estimate of drug-likeness (QED) is 0.215. The Morgan fingerprint density at radius 3 is 2.32 bits per heavy atom. The average molecular weight is 701 g/mol. The van der Waals surface area contributed by atoms with Gasteiger partial charge in [-0.15, -0.1) is 0 Å². The summed E-state index contributed by atoms with van der Waals surface area (Å²) in [5, 5.41) is 20.2. The number of carbonyl (C=O) groups is 2. The molecule has 0 saturated carbocycles. The molecule has 1 saturated heterocycles. The topological polar surface area (TPSA) is 138 Å². The van der Waals surface area contributed by atoms with Crippen LogP contribution in [-0.4, -0.2) is 86.3 Å². The summed E-state index contributed by atoms with van der Waals surface area (Å²) >= 11 is 0. The average Bonchev–Trinajstić information content (AvgIpc) is 3.72. The van der Waals surface area contributed by atoms with Gasteiger partial charge >= 0.3 is 6.18 Å². The normalized spacial score (nSPS) is 15.6. The minimum Gasteiger partial charge on any atom is -0.497 e. The predicted molar refractivity (Wildman–Crippen MR) is 182 cm³/mol. The summed E-state index contributed by atoms with van der Waals surface area (Å²) in [7, 11) is 2.93. The molecule has 0 spiro atoms. The van der Waals surface area contributed by atoms with Crippen LogP contribution in [0, 0.1) is 0 Å². The van der Waals surface area contributed by atoms with Crippen molar-refractivity contribution in [2.24, 2.45) is 0 Å². The number of rotatable bonds is 14. The zero-order valence-electron chi connectivity index (χ0n) is 28.4. The summed E-state index contributed by atoms with van der Waals surface area (Å²) < 4.78 is 55.2. The lowest BCUT2D eigenvalue weighted by atomic mass is 10.0. The molecule has 1 atom stereocenters. The van der Waals surface area contributed by atoms with E-state index >= 15 is 0 Å². The van der Waals surface area contributed by atoms with Crippen LogP contribution in [0.2, 0.25) is 0 Å². The Balaban J connectivity index is 1.54. The van der Waals surface area contributed by atoms with E-state index in [0.717, 1.165) is 30.0 Å². The van der Waals surface area contributed by atoms with E-state index in [1.54, 1.807) is 28.0 Å². The number of nitrogens with one attached hydrogen (secondary N) is 2. The summed E-state index contributed by atoms with van der Waals surface area (Å²) in [6, 6.07) is 8.44. The Morgan fingerprint density at radius 2 is 1.70 bits per heavy atom. The maximum atomic E-state index is 14.5. The van der Waals surface area contributed by atoms with Gasteiger partial charge < -0.3 is 35.0 Å². The fourth-order valence-corrected chi connectivity index (χ4v) is 6.33. The Bertz CT molecular complexity index is 1740. The Labute approximate surface area is 288 Å². The largest absolute Gasteiger partial charge is 0.497 e. The molecular formula is C35H43F3N6O6. The summed E-state index contributed by atoms with van der Waals surface area (Å²) in [4.78, 5) is 42.7. The van der Waals surface area contributed by atoms with E-state index in [0.29, 0.717) is 54.1 Å². The first kappa shape index (κ1) is 36.5. The number of aromatic nitrogens is 2. The molecule has 15 heteroatoms. The first-order chi connectivity index (χ1) is 23.9. The second-order valence-corrected chi connectivity index (χ2v) is 12.4. The number of ether oxygens (including phenoxy) is 2. The lowest BCUT2D eigenvalue weighted by Gasteiger charge is -2.23. The summed E-state index contributed by atoms with van der Waals surface area (Å²) in [6.45, 7) is 3.11. The van der Waals surface area contributed by atoms with E-state index in [1.165, 1.54) is 26.4 Å². The van der Waals surface area contributed by atoms with Crippen molar-refractivity contribution in [3.63, 3.8) is 0 Å².